The van der Waals surface area contributed by atoms with Gasteiger partial charge in [-0.1, -0.05) is 12.1 Å². The highest BCUT2D eigenvalue weighted by molar-refractivity contribution is 7.85. The molecule has 0 saturated heterocycles. The predicted molar refractivity (Wildman–Crippen MR) is 73.2 cm³/mol. The first kappa shape index (κ1) is 16.1. The molecule has 1 aromatic rings. The van der Waals surface area contributed by atoms with Gasteiger partial charge in [0.15, 0.2) is 0 Å². The van der Waals surface area contributed by atoms with E-state index >= 15 is 0 Å². The molecule has 0 aromatic heterocycles. The van der Waals surface area contributed by atoms with E-state index in [-0.39, 0.29) is 17.1 Å². The van der Waals surface area contributed by atoms with Crippen molar-refractivity contribution in [3.05, 3.63) is 35.6 Å². The topological polar surface area (TPSA) is 66.4 Å². The Morgan fingerprint density at radius 3 is 2.37 bits per heavy atom. The lowest BCUT2D eigenvalue weighted by molar-refractivity contribution is 0.385. The summed E-state index contributed by atoms with van der Waals surface area (Å²) < 4.78 is 42.5. The van der Waals surface area contributed by atoms with E-state index in [0.29, 0.717) is 19.4 Å². The normalized spacial score (nSPS) is 12.6. The highest BCUT2D eigenvalue weighted by Crippen LogP contribution is 2.13. The summed E-state index contributed by atoms with van der Waals surface area (Å²) >= 11 is 0. The second-order valence-corrected chi connectivity index (χ2v) is 6.83. The van der Waals surface area contributed by atoms with Crippen LogP contribution < -0.4 is 5.32 Å². The van der Waals surface area contributed by atoms with E-state index < -0.39 is 10.1 Å². The lowest BCUT2D eigenvalue weighted by atomic mass is 9.95. The van der Waals surface area contributed by atoms with Gasteiger partial charge in [0.25, 0.3) is 10.1 Å². The van der Waals surface area contributed by atoms with E-state index in [1.165, 1.54) is 12.1 Å². The van der Waals surface area contributed by atoms with Crippen molar-refractivity contribution in [3.63, 3.8) is 0 Å². The van der Waals surface area contributed by atoms with Crippen molar-refractivity contribution in [2.24, 2.45) is 0 Å². The van der Waals surface area contributed by atoms with Crippen LogP contribution >= 0.6 is 0 Å². The molecule has 0 aliphatic carbocycles. The molecule has 0 bridgehead atoms. The molecule has 2 N–H and O–H groups in total. The Morgan fingerprint density at radius 2 is 1.84 bits per heavy atom. The van der Waals surface area contributed by atoms with Crippen molar-refractivity contribution in [2.75, 3.05) is 12.3 Å². The molecule has 0 amide bonds. The van der Waals surface area contributed by atoms with Gasteiger partial charge in [-0.3, -0.25) is 4.55 Å². The average molecular weight is 289 g/mol. The van der Waals surface area contributed by atoms with Gasteiger partial charge >= 0.3 is 0 Å². The Morgan fingerprint density at radius 1 is 1.26 bits per heavy atom. The fourth-order valence-corrected chi connectivity index (χ4v) is 2.37. The second kappa shape index (κ2) is 6.45. The third kappa shape index (κ3) is 7.25. The number of halogens is 1. The maximum absolute atomic E-state index is 12.8. The summed E-state index contributed by atoms with van der Waals surface area (Å²) in [6.45, 7) is 4.47. The second-order valence-electron chi connectivity index (χ2n) is 5.25. The lowest BCUT2D eigenvalue weighted by Crippen LogP contribution is -2.42. The smallest absolute Gasteiger partial charge is 0.264 e. The van der Waals surface area contributed by atoms with Crippen LogP contribution in [0, 0.1) is 5.82 Å². The molecular weight excluding hydrogens is 269 g/mol. The minimum absolute atomic E-state index is 0.225. The van der Waals surface area contributed by atoms with E-state index in [4.69, 9.17) is 4.55 Å². The van der Waals surface area contributed by atoms with Crippen LogP contribution in [0.15, 0.2) is 24.3 Å². The van der Waals surface area contributed by atoms with Gasteiger partial charge in [0.1, 0.15) is 5.82 Å². The highest BCUT2D eigenvalue weighted by Gasteiger charge is 2.17. The molecule has 0 fully saturated rings. The van der Waals surface area contributed by atoms with Crippen LogP contribution in [-0.4, -0.2) is 30.8 Å². The van der Waals surface area contributed by atoms with E-state index in [1.54, 1.807) is 12.1 Å². The molecule has 0 radical (unpaired) electrons. The van der Waals surface area contributed by atoms with Crippen molar-refractivity contribution in [2.45, 2.75) is 32.2 Å². The first-order chi connectivity index (χ1) is 8.68. The molecule has 0 heterocycles. The molecule has 4 nitrogen and oxygen atoms in total. The lowest BCUT2D eigenvalue weighted by Gasteiger charge is -2.26. The zero-order valence-corrected chi connectivity index (χ0v) is 12.0. The maximum Gasteiger partial charge on any atom is 0.264 e. The number of hydrogen-bond donors (Lipinski definition) is 2. The SMILES string of the molecule is CC(C)(Cc1ccc(F)cc1)NCCCS(=O)(=O)O. The maximum atomic E-state index is 12.8. The monoisotopic (exact) mass is 289 g/mol. The van der Waals surface area contributed by atoms with Crippen molar-refractivity contribution < 1.29 is 17.4 Å². The molecule has 0 unspecified atom stereocenters. The molecule has 108 valence electrons. The number of nitrogens with one attached hydrogen (secondary N) is 1. The van der Waals surface area contributed by atoms with Gasteiger partial charge < -0.3 is 5.32 Å². The molecular formula is C13H20FNO3S. The van der Waals surface area contributed by atoms with Gasteiger partial charge in [0.05, 0.1) is 5.75 Å². The summed E-state index contributed by atoms with van der Waals surface area (Å²) in [6, 6.07) is 6.31. The van der Waals surface area contributed by atoms with E-state index in [9.17, 15) is 12.8 Å². The Labute approximate surface area is 113 Å². The molecule has 6 heteroatoms. The molecule has 1 rings (SSSR count). The van der Waals surface area contributed by atoms with E-state index in [0.717, 1.165) is 5.56 Å². The van der Waals surface area contributed by atoms with Crippen molar-refractivity contribution in [1.82, 2.24) is 5.32 Å². The van der Waals surface area contributed by atoms with Gasteiger partial charge in [-0.25, -0.2) is 4.39 Å². The van der Waals surface area contributed by atoms with Gasteiger partial charge in [-0.05, 0) is 50.9 Å². The molecule has 0 aliphatic rings. The fraction of sp³-hybridized carbons (Fsp3) is 0.538. The Hall–Kier alpha value is -0.980. The van der Waals surface area contributed by atoms with Gasteiger partial charge in [-0.2, -0.15) is 8.42 Å². The van der Waals surface area contributed by atoms with Crippen LogP contribution in [0.5, 0.6) is 0 Å². The predicted octanol–water partition coefficient (Wildman–Crippen LogP) is 2.01. The van der Waals surface area contributed by atoms with Gasteiger partial charge in [0, 0.05) is 5.54 Å². The first-order valence-electron chi connectivity index (χ1n) is 6.13. The van der Waals surface area contributed by atoms with Crippen LogP contribution in [-0.2, 0) is 16.5 Å². The highest BCUT2D eigenvalue weighted by atomic mass is 32.2. The largest absolute Gasteiger partial charge is 0.311 e. The number of rotatable bonds is 7. The summed E-state index contributed by atoms with van der Waals surface area (Å²) in [5.41, 5.74) is 0.783. The molecule has 0 atom stereocenters. The van der Waals surface area contributed by atoms with Crippen LogP contribution in [0.3, 0.4) is 0 Å². The zero-order valence-electron chi connectivity index (χ0n) is 11.2. The standard InChI is InChI=1S/C13H20FNO3S/c1-13(2,15-8-3-9-19(16,17)18)10-11-4-6-12(14)7-5-11/h4-7,15H,3,8-10H2,1-2H3,(H,16,17,18). The quantitative estimate of drug-likeness (QED) is 0.595. The third-order valence-electron chi connectivity index (χ3n) is 2.74. The third-order valence-corrected chi connectivity index (χ3v) is 3.55. The summed E-state index contributed by atoms with van der Waals surface area (Å²) in [5.74, 6) is -0.505. The minimum atomic E-state index is -3.89. The van der Waals surface area contributed by atoms with Crippen LogP contribution in [0.2, 0.25) is 0 Å². The molecule has 1 aromatic carbocycles. The van der Waals surface area contributed by atoms with E-state index in [1.807, 2.05) is 13.8 Å². The minimum Gasteiger partial charge on any atom is -0.311 e. The van der Waals surface area contributed by atoms with Crippen LogP contribution in [0.25, 0.3) is 0 Å². The summed E-state index contributed by atoms with van der Waals surface area (Å²) in [5, 5.41) is 3.23. The fourth-order valence-electron chi connectivity index (χ4n) is 1.86. The molecule has 0 spiro atoms. The zero-order chi connectivity index (χ0) is 14.5. The number of benzene rings is 1. The number of hydrogen-bond acceptors (Lipinski definition) is 3. The Kier molecular flexibility index (Phi) is 5.46. The van der Waals surface area contributed by atoms with Crippen LogP contribution in [0.4, 0.5) is 4.39 Å². The van der Waals surface area contributed by atoms with Crippen molar-refractivity contribution in [3.8, 4) is 0 Å². The summed E-state index contributed by atoms with van der Waals surface area (Å²) in [4.78, 5) is 0. The molecule has 0 saturated carbocycles. The summed E-state index contributed by atoms with van der Waals surface area (Å²) in [7, 11) is -3.89. The Balaban J connectivity index is 2.41. The van der Waals surface area contributed by atoms with Gasteiger partial charge in [0.2, 0.25) is 0 Å². The van der Waals surface area contributed by atoms with Crippen molar-refractivity contribution >= 4 is 10.1 Å². The molecule has 19 heavy (non-hydrogen) atoms. The first-order valence-corrected chi connectivity index (χ1v) is 7.73. The van der Waals surface area contributed by atoms with Gasteiger partial charge in [-0.15, -0.1) is 0 Å². The summed E-state index contributed by atoms with van der Waals surface area (Å²) in [6.07, 6.45) is 1.06. The Bertz CT molecular complexity index is 497. The average Bonchev–Trinajstić information content (AvgIpc) is 2.26. The van der Waals surface area contributed by atoms with E-state index in [2.05, 4.69) is 5.32 Å². The van der Waals surface area contributed by atoms with Crippen molar-refractivity contribution in [1.29, 1.82) is 0 Å². The van der Waals surface area contributed by atoms with Crippen LogP contribution in [0.1, 0.15) is 25.8 Å². The molecule has 0 aliphatic heterocycles.